The minimum Gasteiger partial charge on any atom is -0.310 e. The maximum absolute atomic E-state index is 2.41. The number of fused-ring (bicyclic) bond motifs is 14. The van der Waals surface area contributed by atoms with Crippen LogP contribution < -0.4 is 9.80 Å². The lowest BCUT2D eigenvalue weighted by Gasteiger charge is -2.29. The lowest BCUT2D eigenvalue weighted by atomic mass is 9.75. The second kappa shape index (κ2) is 15.4. The van der Waals surface area contributed by atoms with Gasteiger partial charge >= 0.3 is 0 Å². The standard InChI is InChI=1S/C66H52N2/c1-3-15-49(16-4-1)67(53-33-37-55-47(43-53)27-35-59-57-19-7-9-21-61(57)65(63(55)59)39-11-12-40-65)51-29-23-45(24-30-51)46-25-31-52(32-26-46)68(50-17-5-2-6-18-50)54-34-38-56-48(44-54)28-36-60-58-20-8-10-22-62(58)66(64(56)60)41-13-14-42-66/h1-10,15-38,43-44H,11-14,39-42H2. The quantitative estimate of drug-likeness (QED) is 0.157. The third-order valence-corrected chi connectivity index (χ3v) is 16.5. The smallest absolute Gasteiger partial charge is 0.0468 e. The molecule has 4 aliphatic carbocycles. The summed E-state index contributed by atoms with van der Waals surface area (Å²) in [5.74, 6) is 0. The molecule has 2 spiro atoms. The highest BCUT2D eigenvalue weighted by atomic mass is 15.1. The summed E-state index contributed by atoms with van der Waals surface area (Å²) in [5, 5.41) is 5.40. The Hall–Kier alpha value is -7.68. The van der Waals surface area contributed by atoms with Crippen LogP contribution in [0.4, 0.5) is 34.1 Å². The first kappa shape index (κ1) is 39.5. The van der Waals surface area contributed by atoms with Gasteiger partial charge in [0, 0.05) is 45.0 Å². The van der Waals surface area contributed by atoms with Crippen molar-refractivity contribution in [3.63, 3.8) is 0 Å². The van der Waals surface area contributed by atoms with Gasteiger partial charge in [0.1, 0.15) is 0 Å². The fourth-order valence-electron chi connectivity index (χ4n) is 13.6. The first-order chi connectivity index (χ1) is 33.7. The number of nitrogens with zero attached hydrogens (tertiary/aromatic N) is 2. The van der Waals surface area contributed by atoms with Crippen molar-refractivity contribution in [1.82, 2.24) is 0 Å². The molecule has 68 heavy (non-hydrogen) atoms. The molecule has 0 aromatic heterocycles. The molecule has 0 saturated heterocycles. The highest BCUT2D eigenvalue weighted by Gasteiger charge is 2.47. The zero-order valence-corrected chi connectivity index (χ0v) is 38.3. The highest BCUT2D eigenvalue weighted by molar-refractivity contribution is 6.01. The normalized spacial score (nSPS) is 15.7. The van der Waals surface area contributed by atoms with Gasteiger partial charge < -0.3 is 9.80 Å². The lowest BCUT2D eigenvalue weighted by Crippen LogP contribution is -2.20. The van der Waals surface area contributed by atoms with E-state index in [1.807, 2.05) is 0 Å². The summed E-state index contributed by atoms with van der Waals surface area (Å²) in [7, 11) is 0. The monoisotopic (exact) mass is 872 g/mol. The molecule has 0 heterocycles. The van der Waals surface area contributed by atoms with Crippen molar-refractivity contribution in [2.45, 2.75) is 62.2 Å². The average Bonchev–Trinajstić information content (AvgIpc) is 4.22. The Morgan fingerprint density at radius 2 is 0.632 bits per heavy atom. The van der Waals surface area contributed by atoms with Crippen molar-refractivity contribution in [2.75, 3.05) is 9.80 Å². The minimum atomic E-state index is 0.128. The van der Waals surface area contributed by atoms with Crippen molar-refractivity contribution in [3.05, 3.63) is 241 Å². The largest absolute Gasteiger partial charge is 0.310 e. The molecule has 0 amide bonds. The number of para-hydroxylation sites is 2. The second-order valence-electron chi connectivity index (χ2n) is 19.9. The molecule has 10 aromatic rings. The van der Waals surface area contributed by atoms with Gasteiger partial charge in [0.25, 0.3) is 0 Å². The Bertz CT molecular complexity index is 3320. The molecule has 4 aliphatic rings. The van der Waals surface area contributed by atoms with E-state index >= 15 is 0 Å². The predicted molar refractivity (Wildman–Crippen MR) is 286 cm³/mol. The summed E-state index contributed by atoms with van der Waals surface area (Å²) in [6, 6.07) is 82.1. The first-order valence-corrected chi connectivity index (χ1v) is 24.9. The van der Waals surface area contributed by atoms with Gasteiger partial charge in [-0.2, -0.15) is 0 Å². The Morgan fingerprint density at radius 3 is 1.04 bits per heavy atom. The number of anilines is 6. The van der Waals surface area contributed by atoms with Gasteiger partial charge in [0.2, 0.25) is 0 Å². The van der Waals surface area contributed by atoms with Gasteiger partial charge in [-0.25, -0.2) is 0 Å². The fourth-order valence-corrected chi connectivity index (χ4v) is 13.6. The van der Waals surface area contributed by atoms with Crippen molar-refractivity contribution >= 4 is 55.7 Å². The number of benzene rings is 10. The van der Waals surface area contributed by atoms with Gasteiger partial charge in [-0.05, 0) is 176 Å². The zero-order chi connectivity index (χ0) is 44.8. The summed E-state index contributed by atoms with van der Waals surface area (Å²) >= 11 is 0. The Labute approximate surface area is 399 Å². The molecule has 0 unspecified atom stereocenters. The van der Waals surface area contributed by atoms with Crippen LogP contribution in [0, 0.1) is 0 Å². The van der Waals surface area contributed by atoms with Crippen LogP contribution in [0.1, 0.15) is 73.6 Å². The molecule has 0 N–H and O–H groups in total. The summed E-state index contributed by atoms with van der Waals surface area (Å²) in [6.45, 7) is 0. The van der Waals surface area contributed by atoms with E-state index < -0.39 is 0 Å². The van der Waals surface area contributed by atoms with Crippen LogP contribution in [0.25, 0.3) is 54.9 Å². The fraction of sp³-hybridized carbons (Fsp3) is 0.152. The van der Waals surface area contributed by atoms with Crippen LogP contribution in [0.15, 0.2) is 218 Å². The van der Waals surface area contributed by atoms with Gasteiger partial charge in [-0.3, -0.25) is 0 Å². The number of rotatable bonds is 7. The van der Waals surface area contributed by atoms with Crippen LogP contribution in [0.5, 0.6) is 0 Å². The van der Waals surface area contributed by atoms with Gasteiger partial charge in [0.15, 0.2) is 0 Å². The molecule has 2 nitrogen and oxygen atoms in total. The molecule has 0 atom stereocenters. The zero-order valence-electron chi connectivity index (χ0n) is 38.3. The minimum absolute atomic E-state index is 0.128. The molecular formula is C66H52N2. The third kappa shape index (κ3) is 5.89. The Kier molecular flexibility index (Phi) is 8.96. The number of hydrogen-bond donors (Lipinski definition) is 0. The Balaban J connectivity index is 0.796. The SMILES string of the molecule is c1ccc(N(c2ccc(-c3ccc(N(c4ccccc4)c4ccc5c6c(ccc5c4)-c4ccccc4C64CCCC4)cc3)cc2)c2ccc3c4c(ccc3c2)-c2ccccc2C42CCCC2)cc1. The second-order valence-corrected chi connectivity index (χ2v) is 19.9. The van der Waals surface area contributed by atoms with E-state index in [4.69, 9.17) is 0 Å². The van der Waals surface area contributed by atoms with Crippen LogP contribution in [-0.4, -0.2) is 0 Å². The van der Waals surface area contributed by atoms with E-state index in [-0.39, 0.29) is 10.8 Å². The molecular weight excluding hydrogens is 821 g/mol. The molecule has 2 heteroatoms. The van der Waals surface area contributed by atoms with Crippen molar-refractivity contribution in [2.24, 2.45) is 0 Å². The van der Waals surface area contributed by atoms with Gasteiger partial charge in [0.05, 0.1) is 0 Å². The third-order valence-electron chi connectivity index (χ3n) is 16.5. The Morgan fingerprint density at radius 1 is 0.279 bits per heavy atom. The van der Waals surface area contributed by atoms with Crippen LogP contribution in [0.3, 0.4) is 0 Å². The molecule has 0 radical (unpaired) electrons. The lowest BCUT2D eigenvalue weighted by molar-refractivity contribution is 0.554. The van der Waals surface area contributed by atoms with E-state index in [0.29, 0.717) is 0 Å². The van der Waals surface area contributed by atoms with E-state index in [0.717, 1.165) is 22.7 Å². The van der Waals surface area contributed by atoms with Crippen molar-refractivity contribution < 1.29 is 0 Å². The predicted octanol–water partition coefficient (Wildman–Crippen LogP) is 18.3. The topological polar surface area (TPSA) is 6.48 Å². The molecule has 14 rings (SSSR count). The van der Waals surface area contributed by atoms with Gasteiger partial charge in [-0.15, -0.1) is 0 Å². The van der Waals surface area contributed by atoms with E-state index in [1.54, 1.807) is 11.1 Å². The van der Waals surface area contributed by atoms with Crippen molar-refractivity contribution in [3.8, 4) is 33.4 Å². The summed E-state index contributed by atoms with van der Waals surface area (Å²) < 4.78 is 0. The van der Waals surface area contributed by atoms with E-state index in [1.165, 1.54) is 129 Å². The summed E-state index contributed by atoms with van der Waals surface area (Å²) in [5.41, 5.74) is 21.4. The van der Waals surface area contributed by atoms with Crippen LogP contribution >= 0.6 is 0 Å². The van der Waals surface area contributed by atoms with E-state index in [2.05, 4.69) is 228 Å². The van der Waals surface area contributed by atoms with Crippen molar-refractivity contribution in [1.29, 1.82) is 0 Å². The molecule has 2 saturated carbocycles. The molecule has 326 valence electrons. The first-order valence-electron chi connectivity index (χ1n) is 24.9. The highest BCUT2D eigenvalue weighted by Crippen LogP contribution is 2.60. The van der Waals surface area contributed by atoms with Crippen LogP contribution in [0.2, 0.25) is 0 Å². The summed E-state index contributed by atoms with van der Waals surface area (Å²) in [6.07, 6.45) is 10.1. The van der Waals surface area contributed by atoms with Crippen LogP contribution in [-0.2, 0) is 10.8 Å². The maximum Gasteiger partial charge on any atom is 0.0468 e. The molecule has 2 fully saturated rings. The maximum atomic E-state index is 2.41. The molecule has 0 aliphatic heterocycles. The summed E-state index contributed by atoms with van der Waals surface area (Å²) in [4.78, 5) is 4.81. The molecule has 0 bridgehead atoms. The number of hydrogen-bond acceptors (Lipinski definition) is 2. The average molecular weight is 873 g/mol. The molecule has 10 aromatic carbocycles. The van der Waals surface area contributed by atoms with E-state index in [9.17, 15) is 0 Å². The van der Waals surface area contributed by atoms with Gasteiger partial charge in [-0.1, -0.05) is 171 Å².